The molecule has 0 aliphatic rings. The highest BCUT2D eigenvalue weighted by Gasteiger charge is 2.19. The van der Waals surface area contributed by atoms with E-state index in [-0.39, 0.29) is 17.2 Å². The Morgan fingerprint density at radius 1 is 1.21 bits per heavy atom. The zero-order valence-electron chi connectivity index (χ0n) is 18.9. The number of aromatic nitrogens is 3. The summed E-state index contributed by atoms with van der Waals surface area (Å²) in [4.78, 5) is 21.2. The summed E-state index contributed by atoms with van der Waals surface area (Å²) in [5.41, 5.74) is 1.92. The van der Waals surface area contributed by atoms with Crippen LogP contribution in [0.25, 0.3) is 11.0 Å². The number of imidazole rings is 1. The Morgan fingerprint density at radius 3 is 2.64 bits per heavy atom. The second-order valence-corrected chi connectivity index (χ2v) is 9.68. The summed E-state index contributed by atoms with van der Waals surface area (Å²) >= 11 is 0. The van der Waals surface area contributed by atoms with Gasteiger partial charge in [0, 0.05) is 52.8 Å². The van der Waals surface area contributed by atoms with Crippen molar-refractivity contribution in [1.82, 2.24) is 24.2 Å². The van der Waals surface area contributed by atoms with Gasteiger partial charge in [0.25, 0.3) is 0 Å². The number of hydrogen-bond acceptors (Lipinski definition) is 7. The lowest BCUT2D eigenvalue weighted by atomic mass is 10.2. The average Bonchev–Trinajstić information content (AvgIpc) is 3.17. The molecule has 174 valence electrons. The van der Waals surface area contributed by atoms with Gasteiger partial charge in [-0.05, 0) is 37.3 Å². The van der Waals surface area contributed by atoms with E-state index < -0.39 is 10.0 Å². The first-order valence-electron chi connectivity index (χ1n) is 10.5. The number of sulfonamides is 1. The maximum atomic E-state index is 12.4. The lowest BCUT2D eigenvalue weighted by Crippen LogP contribution is -2.29. The van der Waals surface area contributed by atoms with Crippen LogP contribution >= 0.6 is 0 Å². The molecule has 2 heterocycles. The van der Waals surface area contributed by atoms with Crippen LogP contribution in [0.2, 0.25) is 0 Å². The maximum Gasteiger partial charge on any atom is 0.242 e. The number of carbonyl (C=O) groups is 1. The minimum atomic E-state index is -3.55. The average molecular weight is 470 g/mol. The second kappa shape index (κ2) is 10.4. The van der Waals surface area contributed by atoms with E-state index >= 15 is 0 Å². The molecule has 3 rings (SSSR count). The number of aryl methyl sites for hydroxylation is 2. The number of rotatable bonds is 10. The molecule has 0 bridgehead atoms. The third-order valence-electron chi connectivity index (χ3n) is 5.12. The monoisotopic (exact) mass is 469 g/mol. The van der Waals surface area contributed by atoms with Gasteiger partial charge in [0.15, 0.2) is 0 Å². The summed E-state index contributed by atoms with van der Waals surface area (Å²) < 4.78 is 28.0. The Balaban J connectivity index is 1.57. The number of pyridine rings is 1. The lowest BCUT2D eigenvalue weighted by molar-refractivity contribution is -0.121. The molecular formula is C22H27N7O3S. The first-order chi connectivity index (χ1) is 15.8. The second-order valence-electron chi connectivity index (χ2n) is 7.53. The van der Waals surface area contributed by atoms with E-state index in [4.69, 9.17) is 5.26 Å². The Hall–Kier alpha value is -3.49. The van der Waals surface area contributed by atoms with Gasteiger partial charge in [-0.15, -0.1) is 0 Å². The molecule has 2 aromatic heterocycles. The first-order valence-corrected chi connectivity index (χ1v) is 12.0. The highest BCUT2D eigenvalue weighted by molar-refractivity contribution is 7.89. The first kappa shape index (κ1) is 24.2. The van der Waals surface area contributed by atoms with Crippen molar-refractivity contribution >= 4 is 32.8 Å². The summed E-state index contributed by atoms with van der Waals surface area (Å²) in [6, 6.07) is 10.3. The van der Waals surface area contributed by atoms with E-state index in [1.54, 1.807) is 30.3 Å². The van der Waals surface area contributed by atoms with Crippen molar-refractivity contribution in [3.05, 3.63) is 47.9 Å². The summed E-state index contributed by atoms with van der Waals surface area (Å²) in [7, 11) is -0.564. The van der Waals surface area contributed by atoms with Crippen LogP contribution < -0.4 is 10.6 Å². The zero-order valence-corrected chi connectivity index (χ0v) is 19.7. The largest absolute Gasteiger partial charge is 0.368 e. The summed E-state index contributed by atoms with van der Waals surface area (Å²) in [5, 5.41) is 14.7. The molecule has 2 N–H and O–H groups in total. The molecule has 1 aromatic carbocycles. The van der Waals surface area contributed by atoms with E-state index in [1.807, 2.05) is 17.6 Å². The zero-order chi connectivity index (χ0) is 24.0. The topological polar surface area (TPSA) is 133 Å². The Kier molecular flexibility index (Phi) is 7.63. The van der Waals surface area contributed by atoms with E-state index in [1.165, 1.54) is 24.6 Å². The van der Waals surface area contributed by atoms with Gasteiger partial charge in [-0.2, -0.15) is 5.26 Å². The van der Waals surface area contributed by atoms with Gasteiger partial charge in [-0.3, -0.25) is 4.79 Å². The van der Waals surface area contributed by atoms with Gasteiger partial charge in [0.05, 0.1) is 21.5 Å². The van der Waals surface area contributed by atoms with Gasteiger partial charge in [0.2, 0.25) is 15.9 Å². The van der Waals surface area contributed by atoms with Crippen LogP contribution in [0.1, 0.15) is 24.7 Å². The molecule has 0 aliphatic carbocycles. The van der Waals surface area contributed by atoms with Crippen molar-refractivity contribution in [2.24, 2.45) is 0 Å². The number of fused-ring (bicyclic) bond motifs is 1. The predicted molar refractivity (Wildman–Crippen MR) is 125 cm³/mol. The van der Waals surface area contributed by atoms with Crippen LogP contribution in [0, 0.1) is 11.3 Å². The number of benzene rings is 1. The Morgan fingerprint density at radius 2 is 2.00 bits per heavy atom. The summed E-state index contributed by atoms with van der Waals surface area (Å²) in [6.45, 7) is 3.57. The van der Waals surface area contributed by atoms with Crippen LogP contribution in [-0.4, -0.2) is 60.4 Å². The summed E-state index contributed by atoms with van der Waals surface area (Å²) in [6.07, 6.45) is 2.19. The molecule has 10 nitrogen and oxygen atoms in total. The van der Waals surface area contributed by atoms with Crippen molar-refractivity contribution in [3.8, 4) is 6.07 Å². The molecule has 0 spiro atoms. The van der Waals surface area contributed by atoms with Gasteiger partial charge in [-0.1, -0.05) is 0 Å². The van der Waals surface area contributed by atoms with Gasteiger partial charge in [0.1, 0.15) is 17.7 Å². The number of nitrogens with one attached hydrogen (secondary N) is 2. The van der Waals surface area contributed by atoms with Crippen molar-refractivity contribution in [3.63, 3.8) is 0 Å². The minimum absolute atomic E-state index is 0.102. The van der Waals surface area contributed by atoms with Crippen molar-refractivity contribution < 1.29 is 13.2 Å². The molecule has 33 heavy (non-hydrogen) atoms. The van der Waals surface area contributed by atoms with Gasteiger partial charge in [-0.25, -0.2) is 22.7 Å². The van der Waals surface area contributed by atoms with Gasteiger partial charge < -0.3 is 15.2 Å². The van der Waals surface area contributed by atoms with Crippen LogP contribution in [0.15, 0.2) is 41.4 Å². The van der Waals surface area contributed by atoms with E-state index in [2.05, 4.69) is 20.6 Å². The number of nitrogens with zero attached hydrogens (tertiary/aromatic N) is 5. The number of carbonyl (C=O) groups excluding carboxylic acids is 1. The number of nitriles is 1. The predicted octanol–water partition coefficient (Wildman–Crippen LogP) is 1.73. The Labute approximate surface area is 193 Å². The smallest absolute Gasteiger partial charge is 0.242 e. The molecule has 0 atom stereocenters. The molecule has 0 radical (unpaired) electrons. The number of anilines is 1. The SMILES string of the molecule is CCn1c(CCC(=O)NCCNc2ccc(C#N)cn2)nc2cc(S(=O)(=O)N(C)C)ccc21. The van der Waals surface area contributed by atoms with Crippen molar-refractivity contribution in [1.29, 1.82) is 5.26 Å². The molecule has 0 saturated heterocycles. The minimum Gasteiger partial charge on any atom is -0.368 e. The molecule has 0 saturated carbocycles. The van der Waals surface area contributed by atoms with E-state index in [9.17, 15) is 13.2 Å². The van der Waals surface area contributed by atoms with Crippen molar-refractivity contribution in [2.45, 2.75) is 31.2 Å². The standard InChI is InChI=1S/C22H27N7O3S/c1-4-29-19-7-6-17(33(31,32)28(2)3)13-18(19)27-21(29)9-10-22(30)25-12-11-24-20-8-5-16(14-23)15-26-20/h5-8,13,15H,4,9-12H2,1-3H3,(H,24,26)(H,25,30). The van der Waals surface area contributed by atoms with Crippen LogP contribution in [-0.2, 0) is 27.8 Å². The fourth-order valence-electron chi connectivity index (χ4n) is 3.35. The van der Waals surface area contributed by atoms with E-state index in [0.717, 1.165) is 11.3 Å². The molecule has 0 fully saturated rings. The Bertz CT molecular complexity index is 1280. The molecule has 3 aromatic rings. The van der Waals surface area contributed by atoms with Gasteiger partial charge >= 0.3 is 0 Å². The van der Waals surface area contributed by atoms with Crippen molar-refractivity contribution in [2.75, 3.05) is 32.5 Å². The molecular weight excluding hydrogens is 442 g/mol. The maximum absolute atomic E-state index is 12.4. The number of amides is 1. The quantitative estimate of drug-likeness (QED) is 0.432. The third kappa shape index (κ3) is 5.66. The van der Waals surface area contributed by atoms with E-state index in [0.29, 0.717) is 43.0 Å². The highest BCUT2D eigenvalue weighted by atomic mass is 32.2. The highest BCUT2D eigenvalue weighted by Crippen LogP contribution is 2.22. The summed E-state index contributed by atoms with van der Waals surface area (Å²) in [5.74, 6) is 1.27. The molecule has 0 unspecified atom stereocenters. The number of hydrogen-bond donors (Lipinski definition) is 2. The van der Waals surface area contributed by atoms with Crippen LogP contribution in [0.4, 0.5) is 5.82 Å². The normalized spacial score (nSPS) is 11.5. The molecule has 11 heteroatoms. The van der Waals surface area contributed by atoms with Crippen LogP contribution in [0.3, 0.4) is 0 Å². The fourth-order valence-corrected chi connectivity index (χ4v) is 4.27. The lowest BCUT2D eigenvalue weighted by Gasteiger charge is -2.11. The fraction of sp³-hybridized carbons (Fsp3) is 0.364. The molecule has 1 amide bonds. The van der Waals surface area contributed by atoms with Crippen LogP contribution in [0.5, 0.6) is 0 Å². The third-order valence-corrected chi connectivity index (χ3v) is 6.93. The molecule has 0 aliphatic heterocycles.